The number of rotatable bonds is 6. The summed E-state index contributed by atoms with van der Waals surface area (Å²) in [6.07, 6.45) is 0.907. The third kappa shape index (κ3) is 3.82. The molecule has 1 unspecified atom stereocenters. The van der Waals surface area contributed by atoms with Crippen molar-refractivity contribution in [2.45, 2.75) is 26.2 Å². The minimum absolute atomic E-state index is 0.255. The Hall–Kier alpha value is -1.39. The highest BCUT2D eigenvalue weighted by Crippen LogP contribution is 2.29. The van der Waals surface area contributed by atoms with Crippen molar-refractivity contribution < 1.29 is 17.7 Å². The van der Waals surface area contributed by atoms with E-state index in [2.05, 4.69) is 6.58 Å². The molecular weight excluding hydrogens is 240 g/mol. The van der Waals surface area contributed by atoms with Crippen LogP contribution in [0.5, 0.6) is 5.75 Å². The number of hydrogen-bond acceptors (Lipinski definition) is 1. The Labute approximate surface area is 106 Å². The van der Waals surface area contributed by atoms with Crippen LogP contribution in [0.1, 0.15) is 31.7 Å². The van der Waals surface area contributed by atoms with Crippen LogP contribution in [0, 0.1) is 0 Å². The van der Waals surface area contributed by atoms with E-state index < -0.39 is 19.1 Å². The van der Waals surface area contributed by atoms with Crippen molar-refractivity contribution in [2.24, 2.45) is 0 Å². The van der Waals surface area contributed by atoms with E-state index >= 15 is 0 Å². The molecule has 1 nitrogen and oxygen atoms in total. The predicted molar refractivity (Wildman–Crippen MR) is 68.9 cm³/mol. The van der Waals surface area contributed by atoms with Crippen molar-refractivity contribution >= 4 is 6.98 Å². The highest BCUT2D eigenvalue weighted by atomic mass is 19.4. The third-order valence-corrected chi connectivity index (χ3v) is 2.94. The maximum absolute atomic E-state index is 12.4. The van der Waals surface area contributed by atoms with Crippen molar-refractivity contribution in [1.29, 1.82) is 0 Å². The standard InChI is InChI=1S/C13H17BF3O/c1-4-10(2)12-7-5-6-8-13(12)18-9-11(3)14(15,16)17/h5-8,10H,3-4,9H2,1-2H3/q-1. The molecule has 0 amide bonds. The van der Waals surface area contributed by atoms with Gasteiger partial charge in [0, 0.05) is 0 Å². The second kappa shape index (κ2) is 5.98. The molecule has 0 spiro atoms. The summed E-state index contributed by atoms with van der Waals surface area (Å²) >= 11 is 0. The first kappa shape index (κ1) is 14.7. The minimum atomic E-state index is -5.02. The first-order valence-corrected chi connectivity index (χ1v) is 5.95. The van der Waals surface area contributed by atoms with Crippen LogP contribution < -0.4 is 4.74 Å². The van der Waals surface area contributed by atoms with Gasteiger partial charge in [0.25, 0.3) is 0 Å². The molecule has 5 heteroatoms. The summed E-state index contributed by atoms with van der Waals surface area (Å²) < 4.78 is 42.3. The molecule has 0 fully saturated rings. The molecule has 18 heavy (non-hydrogen) atoms. The molecule has 0 aromatic heterocycles. The molecule has 0 N–H and O–H groups in total. The molecule has 1 rings (SSSR count). The van der Waals surface area contributed by atoms with Gasteiger partial charge in [0.15, 0.2) is 0 Å². The van der Waals surface area contributed by atoms with Crippen molar-refractivity contribution in [2.75, 3.05) is 6.61 Å². The number of para-hydroxylation sites is 1. The molecule has 0 saturated heterocycles. The molecule has 1 aromatic carbocycles. The van der Waals surface area contributed by atoms with Gasteiger partial charge in [-0.25, -0.2) is 0 Å². The summed E-state index contributed by atoms with van der Waals surface area (Å²) in [4.78, 5) is 0. The van der Waals surface area contributed by atoms with Crippen LogP contribution in [0.4, 0.5) is 12.9 Å². The summed E-state index contributed by atoms with van der Waals surface area (Å²) in [5.74, 6) is 0.763. The van der Waals surface area contributed by atoms with Gasteiger partial charge in [-0.15, -0.1) is 12.1 Å². The van der Waals surface area contributed by atoms with Crippen LogP contribution in [-0.4, -0.2) is 13.6 Å². The highest BCUT2D eigenvalue weighted by molar-refractivity contribution is 6.66. The van der Waals surface area contributed by atoms with E-state index in [0.29, 0.717) is 5.75 Å². The van der Waals surface area contributed by atoms with Crippen LogP contribution in [-0.2, 0) is 0 Å². The Balaban J connectivity index is 2.76. The molecule has 0 bridgehead atoms. The smallest absolute Gasteiger partial charge is 0.492 e. The molecule has 0 radical (unpaired) electrons. The molecule has 0 aliphatic carbocycles. The molecule has 1 atom stereocenters. The summed E-state index contributed by atoms with van der Waals surface area (Å²) in [6.45, 7) is 1.53. The van der Waals surface area contributed by atoms with Crippen molar-refractivity contribution in [3.8, 4) is 5.75 Å². The van der Waals surface area contributed by atoms with Crippen LogP contribution in [0.15, 0.2) is 36.3 Å². The van der Waals surface area contributed by atoms with Crippen molar-refractivity contribution in [3.05, 3.63) is 41.9 Å². The second-order valence-electron chi connectivity index (χ2n) is 4.37. The van der Waals surface area contributed by atoms with E-state index in [9.17, 15) is 12.9 Å². The van der Waals surface area contributed by atoms with E-state index in [1.165, 1.54) is 0 Å². The Morgan fingerprint density at radius 1 is 1.33 bits per heavy atom. The zero-order chi connectivity index (χ0) is 13.8. The van der Waals surface area contributed by atoms with Gasteiger partial charge in [-0.3, -0.25) is 0 Å². The van der Waals surface area contributed by atoms with E-state index in [-0.39, 0.29) is 5.92 Å². The number of hydrogen-bond donors (Lipinski definition) is 0. The maximum Gasteiger partial charge on any atom is 0.508 e. The summed E-state index contributed by atoms with van der Waals surface area (Å²) in [5.41, 5.74) is 0.122. The lowest BCUT2D eigenvalue weighted by atomic mass is 9.81. The number of ether oxygens (including phenoxy) is 1. The fourth-order valence-electron chi connectivity index (χ4n) is 1.50. The third-order valence-electron chi connectivity index (χ3n) is 2.94. The van der Waals surface area contributed by atoms with Crippen molar-refractivity contribution in [1.82, 2.24) is 0 Å². The van der Waals surface area contributed by atoms with Gasteiger partial charge in [-0.1, -0.05) is 32.0 Å². The lowest BCUT2D eigenvalue weighted by Crippen LogP contribution is -2.23. The average Bonchev–Trinajstić information content (AvgIpc) is 2.34. The summed E-state index contributed by atoms with van der Waals surface area (Å²) in [7, 11) is 0. The fraction of sp³-hybridized carbons (Fsp3) is 0.385. The maximum atomic E-state index is 12.4. The van der Waals surface area contributed by atoms with E-state index in [0.717, 1.165) is 12.0 Å². The Bertz CT molecular complexity index is 415. The van der Waals surface area contributed by atoms with E-state index in [4.69, 9.17) is 4.74 Å². The van der Waals surface area contributed by atoms with Gasteiger partial charge < -0.3 is 17.7 Å². The summed E-state index contributed by atoms with van der Waals surface area (Å²) in [5, 5.41) is 0. The summed E-state index contributed by atoms with van der Waals surface area (Å²) in [6, 6.07) is 7.18. The molecule has 1 aromatic rings. The van der Waals surface area contributed by atoms with Crippen LogP contribution in [0.2, 0.25) is 0 Å². The zero-order valence-corrected chi connectivity index (χ0v) is 10.6. The van der Waals surface area contributed by atoms with Gasteiger partial charge in [0.1, 0.15) is 5.75 Å². The van der Waals surface area contributed by atoms with Crippen LogP contribution in [0.25, 0.3) is 0 Å². The lowest BCUT2D eigenvalue weighted by Gasteiger charge is -2.20. The molecular formula is C13H17BF3O-. The Morgan fingerprint density at radius 3 is 2.50 bits per heavy atom. The largest absolute Gasteiger partial charge is 0.508 e. The number of benzene rings is 1. The van der Waals surface area contributed by atoms with Gasteiger partial charge in [-0.05, 0) is 24.0 Å². The van der Waals surface area contributed by atoms with Crippen LogP contribution in [0.3, 0.4) is 0 Å². The molecule has 0 aliphatic rings. The number of halogens is 3. The first-order chi connectivity index (χ1) is 8.36. The first-order valence-electron chi connectivity index (χ1n) is 5.95. The van der Waals surface area contributed by atoms with Crippen molar-refractivity contribution in [3.63, 3.8) is 0 Å². The predicted octanol–water partition coefficient (Wildman–Crippen LogP) is 4.52. The van der Waals surface area contributed by atoms with E-state index in [1.54, 1.807) is 12.1 Å². The average molecular weight is 257 g/mol. The van der Waals surface area contributed by atoms with E-state index in [1.807, 2.05) is 26.0 Å². The SMILES string of the molecule is C=C(COc1ccccc1C(C)CC)[B-](F)(F)F. The van der Waals surface area contributed by atoms with Gasteiger partial charge in [0.2, 0.25) is 0 Å². The van der Waals surface area contributed by atoms with Gasteiger partial charge in [-0.2, -0.15) is 0 Å². The normalized spacial score (nSPS) is 13.2. The molecule has 100 valence electrons. The molecule has 0 saturated carbocycles. The molecule has 0 heterocycles. The quantitative estimate of drug-likeness (QED) is 0.680. The monoisotopic (exact) mass is 257 g/mol. The minimum Gasteiger partial charge on any atom is -0.492 e. The fourth-order valence-corrected chi connectivity index (χ4v) is 1.50. The highest BCUT2D eigenvalue weighted by Gasteiger charge is 2.27. The Morgan fingerprint density at radius 2 is 1.94 bits per heavy atom. The Kier molecular flexibility index (Phi) is 4.88. The lowest BCUT2D eigenvalue weighted by molar-refractivity contribution is 0.341. The van der Waals surface area contributed by atoms with Gasteiger partial charge >= 0.3 is 6.98 Å². The topological polar surface area (TPSA) is 9.23 Å². The van der Waals surface area contributed by atoms with Crippen LogP contribution >= 0.6 is 0 Å². The zero-order valence-electron chi connectivity index (χ0n) is 10.6. The van der Waals surface area contributed by atoms with Gasteiger partial charge in [0.05, 0.1) is 6.61 Å². The molecule has 0 aliphatic heterocycles. The second-order valence-corrected chi connectivity index (χ2v) is 4.37.